The van der Waals surface area contributed by atoms with Crippen molar-refractivity contribution in [2.45, 2.75) is 56.0 Å². The molecule has 0 bridgehead atoms. The van der Waals surface area contributed by atoms with Gasteiger partial charge in [0.25, 0.3) is 0 Å². The predicted octanol–water partition coefficient (Wildman–Crippen LogP) is 5.22. The lowest BCUT2D eigenvalue weighted by atomic mass is 9.96. The van der Waals surface area contributed by atoms with Crippen molar-refractivity contribution in [3.8, 4) is 0 Å². The highest BCUT2D eigenvalue weighted by molar-refractivity contribution is 7.89. The standard InChI is InChI=1S/C31H31Cl3N4O6S/c1-19(2)35-18-28-37(45(43,44)27-15-23(33)12-13-24(27)34)17-26(36(31(41)42)16-21-6-4-3-5-7-21)30(40)38(28)25(29(35)39)14-20-8-10-22(32)11-9-20/h3-13,15,19,25-26,28H,14,16-18H2,1-2H3,(H,41,42). The molecule has 3 amide bonds. The first-order chi connectivity index (χ1) is 21.3. The number of benzene rings is 3. The minimum atomic E-state index is -4.49. The molecule has 1 N–H and O–H groups in total. The van der Waals surface area contributed by atoms with Crippen LogP contribution in [-0.2, 0) is 32.6 Å². The normalized spacial score (nSPS) is 20.8. The number of carboxylic acid groups (broad SMARTS) is 1. The van der Waals surface area contributed by atoms with Gasteiger partial charge >= 0.3 is 6.09 Å². The van der Waals surface area contributed by atoms with E-state index in [0.29, 0.717) is 16.1 Å². The van der Waals surface area contributed by atoms with Gasteiger partial charge in [0, 0.05) is 35.6 Å². The maximum absolute atomic E-state index is 14.5. The molecule has 45 heavy (non-hydrogen) atoms. The van der Waals surface area contributed by atoms with Gasteiger partial charge in [-0.2, -0.15) is 4.31 Å². The molecule has 2 fully saturated rings. The van der Waals surface area contributed by atoms with Crippen LogP contribution < -0.4 is 0 Å². The zero-order chi connectivity index (χ0) is 32.6. The van der Waals surface area contributed by atoms with Crippen molar-refractivity contribution in [2.24, 2.45) is 0 Å². The Morgan fingerprint density at radius 3 is 2.18 bits per heavy atom. The van der Waals surface area contributed by atoms with E-state index in [1.54, 1.807) is 68.4 Å². The molecule has 238 valence electrons. The van der Waals surface area contributed by atoms with Crippen molar-refractivity contribution in [3.63, 3.8) is 0 Å². The summed E-state index contributed by atoms with van der Waals surface area (Å²) in [6, 6.07) is 16.5. The van der Waals surface area contributed by atoms with Gasteiger partial charge < -0.3 is 14.9 Å². The molecule has 0 aliphatic carbocycles. The van der Waals surface area contributed by atoms with E-state index in [2.05, 4.69) is 0 Å². The molecule has 3 unspecified atom stereocenters. The van der Waals surface area contributed by atoms with Crippen LogP contribution in [0.1, 0.15) is 25.0 Å². The first-order valence-corrected chi connectivity index (χ1v) is 16.7. The second kappa shape index (κ2) is 13.2. The van der Waals surface area contributed by atoms with Crippen molar-refractivity contribution in [3.05, 3.63) is 99.0 Å². The van der Waals surface area contributed by atoms with Crippen molar-refractivity contribution in [1.82, 2.24) is 19.0 Å². The minimum absolute atomic E-state index is 0.0474. The molecule has 14 heteroatoms. The Balaban J connectivity index is 1.67. The van der Waals surface area contributed by atoms with Gasteiger partial charge in [0.15, 0.2) is 0 Å². The van der Waals surface area contributed by atoms with Crippen LogP contribution in [0.5, 0.6) is 0 Å². The van der Waals surface area contributed by atoms with E-state index >= 15 is 0 Å². The maximum atomic E-state index is 14.5. The van der Waals surface area contributed by atoms with E-state index in [-0.39, 0.29) is 46.4 Å². The predicted molar refractivity (Wildman–Crippen MR) is 171 cm³/mol. The first-order valence-electron chi connectivity index (χ1n) is 14.2. The zero-order valence-corrected chi connectivity index (χ0v) is 27.5. The van der Waals surface area contributed by atoms with Gasteiger partial charge in [-0.15, -0.1) is 0 Å². The van der Waals surface area contributed by atoms with Gasteiger partial charge in [-0.1, -0.05) is 77.3 Å². The number of hydrogen-bond donors (Lipinski definition) is 1. The minimum Gasteiger partial charge on any atom is -0.465 e. The van der Waals surface area contributed by atoms with Crippen LogP contribution in [0.3, 0.4) is 0 Å². The highest BCUT2D eigenvalue weighted by Crippen LogP contribution is 2.36. The highest BCUT2D eigenvalue weighted by atomic mass is 35.5. The van der Waals surface area contributed by atoms with Gasteiger partial charge in [0.1, 0.15) is 23.1 Å². The first kappa shape index (κ1) is 33.0. The molecule has 2 aliphatic rings. The Morgan fingerprint density at radius 2 is 1.56 bits per heavy atom. The molecule has 5 rings (SSSR count). The van der Waals surface area contributed by atoms with E-state index in [0.717, 1.165) is 9.21 Å². The summed E-state index contributed by atoms with van der Waals surface area (Å²) < 4.78 is 30.0. The van der Waals surface area contributed by atoms with Gasteiger partial charge in [0.05, 0.1) is 11.6 Å². The Hall–Kier alpha value is -3.35. The molecule has 0 radical (unpaired) electrons. The third-order valence-corrected chi connectivity index (χ3v) is 10.9. The number of carbonyl (C=O) groups excluding carboxylic acids is 2. The van der Waals surface area contributed by atoms with Crippen LogP contribution in [0.2, 0.25) is 15.1 Å². The molecule has 0 spiro atoms. The topological polar surface area (TPSA) is 119 Å². The second-order valence-electron chi connectivity index (χ2n) is 11.2. The third kappa shape index (κ3) is 6.64. The second-order valence-corrected chi connectivity index (χ2v) is 14.4. The van der Waals surface area contributed by atoms with Gasteiger partial charge in [-0.25, -0.2) is 13.2 Å². The summed E-state index contributed by atoms with van der Waals surface area (Å²) in [5.74, 6) is -1.05. The lowest BCUT2D eigenvalue weighted by Gasteiger charge is -2.55. The van der Waals surface area contributed by atoms with Gasteiger partial charge in [-0.3, -0.25) is 14.5 Å². The van der Waals surface area contributed by atoms with E-state index in [4.69, 9.17) is 34.8 Å². The number of hydrogen-bond acceptors (Lipinski definition) is 5. The number of fused-ring (bicyclic) bond motifs is 1. The summed E-state index contributed by atoms with van der Waals surface area (Å²) in [7, 11) is -4.49. The Morgan fingerprint density at radius 1 is 0.911 bits per heavy atom. The van der Waals surface area contributed by atoms with Crippen LogP contribution in [0.25, 0.3) is 0 Å². The molecule has 2 saturated heterocycles. The van der Waals surface area contributed by atoms with Crippen molar-refractivity contribution in [2.75, 3.05) is 13.1 Å². The van der Waals surface area contributed by atoms with Crippen LogP contribution in [0.4, 0.5) is 4.79 Å². The number of rotatable bonds is 8. The molecule has 0 saturated carbocycles. The van der Waals surface area contributed by atoms with E-state index in [1.807, 2.05) is 0 Å². The van der Waals surface area contributed by atoms with E-state index < -0.39 is 46.8 Å². The Labute approximate surface area is 276 Å². The fourth-order valence-electron chi connectivity index (χ4n) is 5.82. The third-order valence-electron chi connectivity index (χ3n) is 8.07. The number of sulfonamides is 1. The average Bonchev–Trinajstić information content (AvgIpc) is 2.99. The number of nitrogens with zero attached hydrogens (tertiary/aromatic N) is 4. The van der Waals surface area contributed by atoms with Crippen molar-refractivity contribution in [1.29, 1.82) is 0 Å². The van der Waals surface area contributed by atoms with Gasteiger partial charge in [-0.05, 0) is 55.3 Å². The van der Waals surface area contributed by atoms with Crippen LogP contribution in [-0.4, -0.2) is 87.8 Å². The zero-order valence-electron chi connectivity index (χ0n) is 24.4. The average molecular weight is 694 g/mol. The molecular weight excluding hydrogens is 663 g/mol. The summed E-state index contributed by atoms with van der Waals surface area (Å²) in [6.45, 7) is 2.79. The Kier molecular flexibility index (Phi) is 9.67. The largest absolute Gasteiger partial charge is 0.465 e. The molecule has 3 aromatic rings. The summed E-state index contributed by atoms with van der Waals surface area (Å²) in [6.07, 6.45) is -2.53. The van der Waals surface area contributed by atoms with Crippen LogP contribution >= 0.6 is 34.8 Å². The molecule has 10 nitrogen and oxygen atoms in total. The molecule has 2 aliphatic heterocycles. The van der Waals surface area contributed by atoms with Crippen molar-refractivity contribution < 1.29 is 27.9 Å². The number of piperazine rings is 1. The fourth-order valence-corrected chi connectivity index (χ4v) is 8.26. The quantitative estimate of drug-likeness (QED) is 0.346. The summed E-state index contributed by atoms with van der Waals surface area (Å²) in [5, 5.41) is 10.9. The highest BCUT2D eigenvalue weighted by Gasteiger charge is 2.55. The van der Waals surface area contributed by atoms with E-state index in [9.17, 15) is 27.9 Å². The van der Waals surface area contributed by atoms with Crippen LogP contribution in [0.15, 0.2) is 77.7 Å². The molecular formula is C31H31Cl3N4O6S. The molecule has 2 heterocycles. The molecule has 0 aromatic heterocycles. The number of amides is 3. The van der Waals surface area contributed by atoms with Crippen LogP contribution in [0, 0.1) is 0 Å². The summed E-state index contributed by atoms with van der Waals surface area (Å²) in [4.78, 5) is 44.6. The summed E-state index contributed by atoms with van der Waals surface area (Å²) >= 11 is 18.7. The SMILES string of the molecule is CC(C)N1CC2N(C(=O)C(N(Cc3ccccc3)C(=O)O)CN2S(=O)(=O)c2cc(Cl)ccc2Cl)C(Cc2ccc(Cl)cc2)C1=O. The monoisotopic (exact) mass is 692 g/mol. The van der Waals surface area contributed by atoms with Gasteiger partial charge in [0.2, 0.25) is 21.8 Å². The maximum Gasteiger partial charge on any atom is 0.408 e. The summed E-state index contributed by atoms with van der Waals surface area (Å²) in [5.41, 5.74) is 1.28. The lowest BCUT2D eigenvalue weighted by molar-refractivity contribution is -0.171. The molecule has 3 aromatic carbocycles. The lowest BCUT2D eigenvalue weighted by Crippen LogP contribution is -2.76. The molecule has 3 atom stereocenters. The number of halogens is 3. The Bertz CT molecular complexity index is 1710. The van der Waals surface area contributed by atoms with Crippen molar-refractivity contribution >= 4 is 62.7 Å². The van der Waals surface area contributed by atoms with E-state index in [1.165, 1.54) is 28.0 Å². The smallest absolute Gasteiger partial charge is 0.408 e. The fraction of sp³-hybridized carbons (Fsp3) is 0.323. The number of carbonyl (C=O) groups is 3.